The summed E-state index contributed by atoms with van der Waals surface area (Å²) in [7, 11) is 0. The minimum absolute atomic E-state index is 0.225. The molecule has 0 saturated heterocycles. The molecule has 0 unspecified atom stereocenters. The Labute approximate surface area is 103 Å². The maximum absolute atomic E-state index is 11.7. The first kappa shape index (κ1) is 12.7. The van der Waals surface area contributed by atoms with Crippen molar-refractivity contribution in [1.29, 1.82) is 5.26 Å². The number of nitrogens with zero attached hydrogens (tertiary/aromatic N) is 2. The number of nitrogens with one attached hydrogen (secondary N) is 1. The van der Waals surface area contributed by atoms with Crippen molar-refractivity contribution < 1.29 is 4.79 Å². The highest BCUT2D eigenvalue weighted by Gasteiger charge is 2.18. The van der Waals surface area contributed by atoms with Crippen LogP contribution in [0, 0.1) is 16.7 Å². The zero-order chi connectivity index (χ0) is 12.2. The van der Waals surface area contributed by atoms with Gasteiger partial charge in [0, 0.05) is 23.4 Å². The number of halogens is 1. The minimum atomic E-state index is -0.560. The number of hydrogen-bond donors (Lipinski definition) is 1. The lowest BCUT2D eigenvalue weighted by Crippen LogP contribution is -2.33. The van der Waals surface area contributed by atoms with E-state index in [2.05, 4.69) is 32.3 Å². The molecule has 5 heteroatoms. The summed E-state index contributed by atoms with van der Waals surface area (Å²) in [6, 6.07) is 3.80. The molecule has 0 aliphatic heterocycles. The summed E-state index contributed by atoms with van der Waals surface area (Å²) >= 11 is 3.24. The SMILES string of the molecule is CC(C)(C#N)CNC(=O)c1cncc(Br)c1. The van der Waals surface area contributed by atoms with Crippen LogP contribution < -0.4 is 5.32 Å². The quantitative estimate of drug-likeness (QED) is 0.923. The monoisotopic (exact) mass is 281 g/mol. The Morgan fingerprint density at radius 1 is 1.62 bits per heavy atom. The maximum atomic E-state index is 11.7. The molecule has 1 aromatic heterocycles. The van der Waals surface area contributed by atoms with Crippen molar-refractivity contribution in [3.63, 3.8) is 0 Å². The van der Waals surface area contributed by atoms with Crippen molar-refractivity contribution in [2.45, 2.75) is 13.8 Å². The van der Waals surface area contributed by atoms with E-state index in [1.54, 1.807) is 26.1 Å². The van der Waals surface area contributed by atoms with Gasteiger partial charge in [-0.1, -0.05) is 0 Å². The number of pyridine rings is 1. The molecule has 16 heavy (non-hydrogen) atoms. The Balaban J connectivity index is 2.64. The molecule has 1 amide bonds. The van der Waals surface area contributed by atoms with Crippen LogP contribution in [-0.4, -0.2) is 17.4 Å². The first-order chi connectivity index (χ1) is 7.44. The summed E-state index contributed by atoms with van der Waals surface area (Å²) in [4.78, 5) is 15.6. The number of carbonyl (C=O) groups is 1. The van der Waals surface area contributed by atoms with Crippen molar-refractivity contribution in [3.8, 4) is 6.07 Å². The smallest absolute Gasteiger partial charge is 0.252 e. The van der Waals surface area contributed by atoms with E-state index in [0.29, 0.717) is 12.1 Å². The van der Waals surface area contributed by atoms with Gasteiger partial charge in [0.15, 0.2) is 0 Å². The molecule has 0 aromatic carbocycles. The highest BCUT2D eigenvalue weighted by Crippen LogP contribution is 2.12. The Bertz CT molecular complexity index is 437. The van der Waals surface area contributed by atoms with Crippen LogP contribution in [0.1, 0.15) is 24.2 Å². The largest absolute Gasteiger partial charge is 0.350 e. The average molecular weight is 282 g/mol. The lowest BCUT2D eigenvalue weighted by atomic mass is 9.96. The third kappa shape index (κ3) is 3.63. The number of carbonyl (C=O) groups excluding carboxylic acids is 1. The van der Waals surface area contributed by atoms with Crippen molar-refractivity contribution in [1.82, 2.24) is 10.3 Å². The molecule has 1 rings (SSSR count). The normalized spacial score (nSPS) is 10.6. The molecule has 4 nitrogen and oxygen atoms in total. The van der Waals surface area contributed by atoms with Gasteiger partial charge in [-0.2, -0.15) is 5.26 Å². The standard InChI is InChI=1S/C11H12BrN3O/c1-11(2,6-13)7-15-10(16)8-3-9(12)5-14-4-8/h3-5H,7H2,1-2H3,(H,15,16). The van der Waals surface area contributed by atoms with Gasteiger partial charge in [-0.05, 0) is 35.8 Å². The zero-order valence-electron chi connectivity index (χ0n) is 9.12. The van der Waals surface area contributed by atoms with Gasteiger partial charge < -0.3 is 5.32 Å². The van der Waals surface area contributed by atoms with Gasteiger partial charge >= 0.3 is 0 Å². The first-order valence-electron chi connectivity index (χ1n) is 4.74. The third-order valence-corrected chi connectivity index (χ3v) is 2.39. The van der Waals surface area contributed by atoms with E-state index in [0.717, 1.165) is 4.47 Å². The predicted molar refractivity (Wildman–Crippen MR) is 63.7 cm³/mol. The molecule has 0 atom stereocenters. The van der Waals surface area contributed by atoms with Gasteiger partial charge in [-0.25, -0.2) is 0 Å². The average Bonchev–Trinajstić information content (AvgIpc) is 2.26. The number of hydrogen-bond acceptors (Lipinski definition) is 3. The molecule has 0 fully saturated rings. The van der Waals surface area contributed by atoms with Crippen LogP contribution in [0.3, 0.4) is 0 Å². The molecule has 0 spiro atoms. The summed E-state index contributed by atoms with van der Waals surface area (Å²) in [5, 5.41) is 11.5. The molecule has 1 heterocycles. The number of amides is 1. The highest BCUT2D eigenvalue weighted by atomic mass is 79.9. The Morgan fingerprint density at radius 3 is 2.88 bits per heavy atom. The van der Waals surface area contributed by atoms with Gasteiger partial charge in [-0.15, -0.1) is 0 Å². The van der Waals surface area contributed by atoms with Crippen LogP contribution in [-0.2, 0) is 0 Å². The summed E-state index contributed by atoms with van der Waals surface area (Å²) in [6.07, 6.45) is 3.09. The number of nitriles is 1. The summed E-state index contributed by atoms with van der Waals surface area (Å²) in [6.45, 7) is 3.85. The molecule has 0 bridgehead atoms. The number of rotatable bonds is 3. The second-order valence-electron chi connectivity index (χ2n) is 4.07. The second-order valence-corrected chi connectivity index (χ2v) is 4.99. The van der Waals surface area contributed by atoms with Crippen LogP contribution in [0.4, 0.5) is 0 Å². The molecule has 1 N–H and O–H groups in total. The van der Waals surface area contributed by atoms with Gasteiger partial charge in [0.2, 0.25) is 0 Å². The van der Waals surface area contributed by atoms with Gasteiger partial charge in [0.05, 0.1) is 17.0 Å². The Hall–Kier alpha value is -1.41. The van der Waals surface area contributed by atoms with Crippen molar-refractivity contribution in [2.75, 3.05) is 6.54 Å². The second kappa shape index (κ2) is 5.08. The predicted octanol–water partition coefficient (Wildman–Crippen LogP) is 2.12. The fourth-order valence-electron chi connectivity index (χ4n) is 0.979. The molecular weight excluding hydrogens is 270 g/mol. The van der Waals surface area contributed by atoms with Gasteiger partial charge in [0.1, 0.15) is 0 Å². The lowest BCUT2D eigenvalue weighted by Gasteiger charge is -2.15. The van der Waals surface area contributed by atoms with Gasteiger partial charge in [0.25, 0.3) is 5.91 Å². The van der Waals surface area contributed by atoms with Crippen LogP contribution >= 0.6 is 15.9 Å². The lowest BCUT2D eigenvalue weighted by molar-refractivity contribution is 0.0943. The van der Waals surface area contributed by atoms with Crippen molar-refractivity contribution in [2.24, 2.45) is 5.41 Å². The molecule has 0 aliphatic carbocycles. The molecule has 0 saturated carbocycles. The van der Waals surface area contributed by atoms with Crippen LogP contribution in [0.15, 0.2) is 22.9 Å². The van der Waals surface area contributed by atoms with E-state index < -0.39 is 5.41 Å². The van der Waals surface area contributed by atoms with E-state index in [9.17, 15) is 4.79 Å². The Kier molecular flexibility index (Phi) is 4.02. The topological polar surface area (TPSA) is 65.8 Å². The van der Waals surface area contributed by atoms with E-state index in [4.69, 9.17) is 5.26 Å². The molecule has 1 aromatic rings. The van der Waals surface area contributed by atoms with E-state index in [1.807, 2.05) is 0 Å². The zero-order valence-corrected chi connectivity index (χ0v) is 10.7. The highest BCUT2D eigenvalue weighted by molar-refractivity contribution is 9.10. The molecule has 84 valence electrons. The Morgan fingerprint density at radius 2 is 2.31 bits per heavy atom. The molecule has 0 aliphatic rings. The van der Waals surface area contributed by atoms with Crippen LogP contribution in [0.5, 0.6) is 0 Å². The van der Waals surface area contributed by atoms with E-state index in [-0.39, 0.29) is 5.91 Å². The first-order valence-corrected chi connectivity index (χ1v) is 5.54. The van der Waals surface area contributed by atoms with E-state index >= 15 is 0 Å². The summed E-state index contributed by atoms with van der Waals surface area (Å²) in [5.74, 6) is -0.225. The summed E-state index contributed by atoms with van der Waals surface area (Å²) < 4.78 is 0.750. The van der Waals surface area contributed by atoms with Crippen molar-refractivity contribution >= 4 is 21.8 Å². The number of aromatic nitrogens is 1. The molecule has 0 radical (unpaired) electrons. The summed E-state index contributed by atoms with van der Waals surface area (Å²) in [5.41, 5.74) is -0.0853. The fourth-order valence-corrected chi connectivity index (χ4v) is 1.34. The minimum Gasteiger partial charge on any atom is -0.350 e. The van der Waals surface area contributed by atoms with Crippen LogP contribution in [0.2, 0.25) is 0 Å². The maximum Gasteiger partial charge on any atom is 0.252 e. The third-order valence-electron chi connectivity index (χ3n) is 1.96. The molecular formula is C11H12BrN3O. The van der Waals surface area contributed by atoms with Crippen LogP contribution in [0.25, 0.3) is 0 Å². The fraction of sp³-hybridized carbons (Fsp3) is 0.364. The van der Waals surface area contributed by atoms with Crippen molar-refractivity contribution in [3.05, 3.63) is 28.5 Å². The van der Waals surface area contributed by atoms with E-state index in [1.165, 1.54) is 6.20 Å². The van der Waals surface area contributed by atoms with Gasteiger partial charge in [-0.3, -0.25) is 9.78 Å².